The minimum atomic E-state index is -4.83. The molecule has 30 heavy (non-hydrogen) atoms. The summed E-state index contributed by atoms with van der Waals surface area (Å²) in [6, 6.07) is 9.62. The number of amides is 1. The first-order valence-electron chi connectivity index (χ1n) is 8.74. The van der Waals surface area contributed by atoms with E-state index in [1.54, 1.807) is 19.1 Å². The molecule has 0 aliphatic heterocycles. The molecule has 0 saturated heterocycles. The van der Waals surface area contributed by atoms with E-state index in [1.165, 1.54) is 31.4 Å². The Bertz CT molecular complexity index is 961. The number of carbonyl (C=O) groups is 1. The molecular weight excluding hydrogens is 425 g/mol. The van der Waals surface area contributed by atoms with Gasteiger partial charge in [-0.05, 0) is 55.0 Å². The molecule has 0 aliphatic carbocycles. The monoisotopic (exact) mass is 446 g/mol. The van der Waals surface area contributed by atoms with Gasteiger partial charge in [0.15, 0.2) is 0 Å². The van der Waals surface area contributed by atoms with Gasteiger partial charge in [-0.2, -0.15) is 0 Å². The lowest BCUT2D eigenvalue weighted by molar-refractivity contribution is -0.274. The van der Waals surface area contributed by atoms with Crippen molar-refractivity contribution in [3.05, 3.63) is 48.5 Å². The fourth-order valence-electron chi connectivity index (χ4n) is 2.75. The summed E-state index contributed by atoms with van der Waals surface area (Å²) in [6.07, 6.45) is -3.69. The molecule has 2 aromatic carbocycles. The van der Waals surface area contributed by atoms with E-state index in [2.05, 4.69) is 10.1 Å². The maximum atomic E-state index is 12.8. The molecule has 11 heteroatoms. The first-order valence-corrected chi connectivity index (χ1v) is 10.6. The number of ether oxygens (including phenoxy) is 2. The number of benzene rings is 2. The second-order valence-corrected chi connectivity index (χ2v) is 8.10. The first kappa shape index (κ1) is 23.3. The highest BCUT2D eigenvalue weighted by atomic mass is 32.2. The van der Waals surface area contributed by atoms with Gasteiger partial charge in [-0.15, -0.1) is 13.2 Å². The van der Waals surface area contributed by atoms with Crippen LogP contribution in [0.2, 0.25) is 0 Å². The molecule has 0 spiro atoms. The number of halogens is 3. The standard InChI is InChI=1S/C19H21F3N2O5S/c1-4-17(24(30(3,26)27)14-7-11-15(28-2)12-8-14)18(25)23-13-5-9-16(10-6-13)29-19(20,21)22/h5-12,17H,4H2,1-3H3,(H,23,25)/t17-/m1/s1. The van der Waals surface area contributed by atoms with Gasteiger partial charge in [0.05, 0.1) is 19.1 Å². The molecule has 0 radical (unpaired) electrons. The summed E-state index contributed by atoms with van der Waals surface area (Å²) in [7, 11) is -2.36. The van der Waals surface area contributed by atoms with Gasteiger partial charge >= 0.3 is 6.36 Å². The molecule has 0 unspecified atom stereocenters. The van der Waals surface area contributed by atoms with Crippen LogP contribution in [0.4, 0.5) is 24.5 Å². The zero-order chi connectivity index (χ0) is 22.5. The zero-order valence-corrected chi connectivity index (χ0v) is 17.3. The van der Waals surface area contributed by atoms with Gasteiger partial charge < -0.3 is 14.8 Å². The van der Waals surface area contributed by atoms with E-state index in [4.69, 9.17) is 4.74 Å². The number of nitrogens with zero attached hydrogens (tertiary/aromatic N) is 1. The fourth-order valence-corrected chi connectivity index (χ4v) is 3.97. The Morgan fingerprint density at radius 1 is 1.07 bits per heavy atom. The van der Waals surface area contributed by atoms with Crippen LogP contribution in [0.15, 0.2) is 48.5 Å². The van der Waals surface area contributed by atoms with Gasteiger partial charge in [0.1, 0.15) is 17.5 Å². The smallest absolute Gasteiger partial charge is 0.497 e. The summed E-state index contributed by atoms with van der Waals surface area (Å²) in [4.78, 5) is 12.8. The third-order valence-corrected chi connectivity index (χ3v) is 5.19. The largest absolute Gasteiger partial charge is 0.573 e. The topological polar surface area (TPSA) is 84.9 Å². The number of hydrogen-bond donors (Lipinski definition) is 1. The van der Waals surface area contributed by atoms with Crippen LogP contribution in [0.5, 0.6) is 11.5 Å². The Morgan fingerprint density at radius 2 is 1.60 bits per heavy atom. The predicted molar refractivity (Wildman–Crippen MR) is 106 cm³/mol. The Kier molecular flexibility index (Phi) is 7.19. The molecule has 1 atom stereocenters. The summed E-state index contributed by atoms with van der Waals surface area (Å²) in [5.74, 6) is -0.558. The minimum Gasteiger partial charge on any atom is -0.497 e. The molecule has 0 heterocycles. The Morgan fingerprint density at radius 3 is 2.03 bits per heavy atom. The van der Waals surface area contributed by atoms with E-state index in [9.17, 15) is 26.4 Å². The van der Waals surface area contributed by atoms with Crippen LogP contribution in [-0.2, 0) is 14.8 Å². The first-order chi connectivity index (χ1) is 13.9. The van der Waals surface area contributed by atoms with Crippen molar-refractivity contribution >= 4 is 27.3 Å². The number of methoxy groups -OCH3 is 1. The van der Waals surface area contributed by atoms with Crippen molar-refractivity contribution in [2.75, 3.05) is 23.0 Å². The molecular formula is C19H21F3N2O5S. The Labute approximate surface area is 172 Å². The third-order valence-electron chi connectivity index (χ3n) is 4.01. The van der Waals surface area contributed by atoms with E-state index < -0.39 is 34.1 Å². The molecule has 1 N–H and O–H groups in total. The number of nitrogens with one attached hydrogen (secondary N) is 1. The second-order valence-electron chi connectivity index (χ2n) is 6.24. The van der Waals surface area contributed by atoms with Crippen molar-refractivity contribution in [2.45, 2.75) is 25.7 Å². The molecule has 7 nitrogen and oxygen atoms in total. The van der Waals surface area contributed by atoms with Gasteiger partial charge in [0.25, 0.3) is 0 Å². The van der Waals surface area contributed by atoms with Crippen LogP contribution < -0.4 is 19.1 Å². The second kappa shape index (κ2) is 9.24. The van der Waals surface area contributed by atoms with Crippen molar-refractivity contribution in [1.29, 1.82) is 0 Å². The molecule has 2 rings (SSSR count). The van der Waals surface area contributed by atoms with E-state index in [0.717, 1.165) is 22.7 Å². The molecule has 164 valence electrons. The predicted octanol–water partition coefficient (Wildman–Crippen LogP) is 3.78. The molecule has 0 aromatic heterocycles. The van der Waals surface area contributed by atoms with Crippen LogP contribution in [0, 0.1) is 0 Å². The van der Waals surface area contributed by atoms with Crippen LogP contribution in [0.3, 0.4) is 0 Å². The van der Waals surface area contributed by atoms with Crippen molar-refractivity contribution in [3.8, 4) is 11.5 Å². The van der Waals surface area contributed by atoms with E-state index in [0.29, 0.717) is 5.75 Å². The Balaban J connectivity index is 2.25. The lowest BCUT2D eigenvalue weighted by Crippen LogP contribution is -2.46. The van der Waals surface area contributed by atoms with Crippen LogP contribution in [0.25, 0.3) is 0 Å². The van der Waals surface area contributed by atoms with Crippen molar-refractivity contribution in [3.63, 3.8) is 0 Å². The van der Waals surface area contributed by atoms with Crippen LogP contribution in [0.1, 0.15) is 13.3 Å². The van der Waals surface area contributed by atoms with E-state index in [1.807, 2.05) is 0 Å². The Hall–Kier alpha value is -2.95. The van der Waals surface area contributed by atoms with Gasteiger partial charge in [-0.3, -0.25) is 9.10 Å². The highest BCUT2D eigenvalue weighted by molar-refractivity contribution is 7.92. The van der Waals surface area contributed by atoms with Crippen molar-refractivity contribution in [2.24, 2.45) is 0 Å². The number of sulfonamides is 1. The molecule has 0 bridgehead atoms. The molecule has 0 aliphatic rings. The lowest BCUT2D eigenvalue weighted by atomic mass is 10.1. The van der Waals surface area contributed by atoms with E-state index in [-0.39, 0.29) is 17.8 Å². The number of carbonyl (C=O) groups excluding carboxylic acids is 1. The number of alkyl halides is 3. The lowest BCUT2D eigenvalue weighted by Gasteiger charge is -2.30. The molecule has 0 saturated carbocycles. The highest BCUT2D eigenvalue weighted by Crippen LogP contribution is 2.27. The number of rotatable bonds is 8. The van der Waals surface area contributed by atoms with Crippen molar-refractivity contribution < 1.29 is 35.9 Å². The maximum Gasteiger partial charge on any atom is 0.573 e. The van der Waals surface area contributed by atoms with Crippen LogP contribution >= 0.6 is 0 Å². The summed E-state index contributed by atoms with van der Waals surface area (Å²) in [6.45, 7) is 1.65. The quantitative estimate of drug-likeness (QED) is 0.667. The average Bonchev–Trinajstić information content (AvgIpc) is 2.65. The normalized spacial score (nSPS) is 12.7. The summed E-state index contributed by atoms with van der Waals surface area (Å²) in [5.41, 5.74) is 0.463. The van der Waals surface area contributed by atoms with Crippen molar-refractivity contribution in [1.82, 2.24) is 0 Å². The van der Waals surface area contributed by atoms with E-state index >= 15 is 0 Å². The zero-order valence-electron chi connectivity index (χ0n) is 16.4. The average molecular weight is 446 g/mol. The highest BCUT2D eigenvalue weighted by Gasteiger charge is 2.32. The fraction of sp³-hybridized carbons (Fsp3) is 0.316. The van der Waals surface area contributed by atoms with Gasteiger partial charge in [-0.1, -0.05) is 6.92 Å². The molecule has 1 amide bonds. The summed E-state index contributed by atoms with van der Waals surface area (Å²) in [5, 5.41) is 2.52. The SMILES string of the molecule is CC[C@H](C(=O)Nc1ccc(OC(F)(F)F)cc1)N(c1ccc(OC)cc1)S(C)(=O)=O. The van der Waals surface area contributed by atoms with Gasteiger partial charge in [-0.25, -0.2) is 8.42 Å². The molecule has 0 fully saturated rings. The summed E-state index contributed by atoms with van der Waals surface area (Å²) < 4.78 is 71.4. The van der Waals surface area contributed by atoms with Gasteiger partial charge in [0.2, 0.25) is 15.9 Å². The van der Waals surface area contributed by atoms with Crippen LogP contribution in [-0.4, -0.2) is 40.1 Å². The number of hydrogen-bond acceptors (Lipinski definition) is 5. The minimum absolute atomic E-state index is 0.153. The maximum absolute atomic E-state index is 12.8. The third kappa shape index (κ3) is 6.28. The summed E-state index contributed by atoms with van der Waals surface area (Å²) >= 11 is 0. The molecule has 2 aromatic rings. The number of anilines is 2. The van der Waals surface area contributed by atoms with Gasteiger partial charge in [0, 0.05) is 5.69 Å².